The minimum Gasteiger partial charge on any atom is -0.490 e. The van der Waals surface area contributed by atoms with Gasteiger partial charge in [-0.3, -0.25) is 14.9 Å². The summed E-state index contributed by atoms with van der Waals surface area (Å²) >= 11 is 0. The first-order valence-electron chi connectivity index (χ1n) is 8.32. The monoisotopic (exact) mass is 388 g/mol. The van der Waals surface area contributed by atoms with Crippen LogP contribution in [0.2, 0.25) is 0 Å². The lowest BCUT2D eigenvalue weighted by Crippen LogP contribution is -2.29. The summed E-state index contributed by atoms with van der Waals surface area (Å²) in [4.78, 5) is 33.7. The second kappa shape index (κ2) is 9.91. The summed E-state index contributed by atoms with van der Waals surface area (Å²) in [5, 5.41) is 13.5. The van der Waals surface area contributed by atoms with Crippen molar-refractivity contribution in [3.63, 3.8) is 0 Å². The molecule has 0 aliphatic heterocycles. The molecule has 0 aliphatic carbocycles. The number of aryl methyl sites for hydroxylation is 1. The number of carbonyl (C=O) groups is 2. The van der Waals surface area contributed by atoms with Crippen molar-refractivity contribution in [2.75, 3.05) is 20.3 Å². The summed E-state index contributed by atoms with van der Waals surface area (Å²) in [5.41, 5.74) is 1.83. The van der Waals surface area contributed by atoms with Crippen LogP contribution in [-0.2, 0) is 20.9 Å². The van der Waals surface area contributed by atoms with Crippen molar-refractivity contribution >= 4 is 17.6 Å². The van der Waals surface area contributed by atoms with Gasteiger partial charge in [-0.25, -0.2) is 4.79 Å². The van der Waals surface area contributed by atoms with E-state index in [2.05, 4.69) is 5.32 Å². The molecule has 2 aromatic carbocycles. The van der Waals surface area contributed by atoms with Gasteiger partial charge in [0.25, 0.3) is 5.91 Å². The Morgan fingerprint density at radius 2 is 1.82 bits per heavy atom. The number of hydrogen-bond donors (Lipinski definition) is 1. The van der Waals surface area contributed by atoms with Gasteiger partial charge in [-0.1, -0.05) is 29.8 Å². The van der Waals surface area contributed by atoms with Crippen LogP contribution in [-0.4, -0.2) is 37.1 Å². The van der Waals surface area contributed by atoms with Crippen LogP contribution in [0.15, 0.2) is 42.5 Å². The van der Waals surface area contributed by atoms with Crippen molar-refractivity contribution in [1.29, 1.82) is 0 Å². The standard InChI is InChI=1S/C19H20N2O7/c1-13-3-5-14(6-4-13)10-20-18(22)11-28-19(23)12-27-15-7-8-16(21(24)25)17(9-15)26-2/h3-9H,10-12H2,1-2H3,(H,20,22). The van der Waals surface area contributed by atoms with Crippen LogP contribution < -0.4 is 14.8 Å². The molecule has 0 aromatic heterocycles. The highest BCUT2D eigenvalue weighted by atomic mass is 16.6. The van der Waals surface area contributed by atoms with Crippen LogP contribution in [0.4, 0.5) is 5.69 Å². The lowest BCUT2D eigenvalue weighted by atomic mass is 10.1. The largest absolute Gasteiger partial charge is 0.490 e. The molecule has 148 valence electrons. The second-order valence-electron chi connectivity index (χ2n) is 5.80. The van der Waals surface area contributed by atoms with Gasteiger partial charge in [-0.15, -0.1) is 0 Å². The Morgan fingerprint density at radius 1 is 1.11 bits per heavy atom. The number of carbonyl (C=O) groups excluding carboxylic acids is 2. The van der Waals surface area contributed by atoms with Crippen molar-refractivity contribution in [2.45, 2.75) is 13.5 Å². The van der Waals surface area contributed by atoms with E-state index in [9.17, 15) is 19.7 Å². The molecule has 0 saturated heterocycles. The van der Waals surface area contributed by atoms with Crippen LogP contribution in [0, 0.1) is 17.0 Å². The Bertz CT molecular complexity index is 850. The summed E-state index contributed by atoms with van der Waals surface area (Å²) in [5.74, 6) is -0.983. The molecular weight excluding hydrogens is 368 g/mol. The molecule has 0 spiro atoms. The molecule has 9 nitrogen and oxygen atoms in total. The normalized spacial score (nSPS) is 10.1. The van der Waals surface area contributed by atoms with Crippen molar-refractivity contribution in [2.24, 2.45) is 0 Å². The fraction of sp³-hybridized carbons (Fsp3) is 0.263. The van der Waals surface area contributed by atoms with Gasteiger partial charge in [0.1, 0.15) is 5.75 Å². The number of benzene rings is 2. The maximum atomic E-state index is 11.7. The highest BCUT2D eigenvalue weighted by molar-refractivity contribution is 5.80. The highest BCUT2D eigenvalue weighted by Crippen LogP contribution is 2.30. The Labute approximate surface area is 161 Å². The predicted octanol–water partition coefficient (Wildman–Crippen LogP) is 2.15. The summed E-state index contributed by atoms with van der Waals surface area (Å²) in [6, 6.07) is 11.5. The van der Waals surface area contributed by atoms with Gasteiger partial charge in [0.15, 0.2) is 13.2 Å². The molecule has 1 amide bonds. The van der Waals surface area contributed by atoms with Gasteiger partial charge in [0.2, 0.25) is 5.75 Å². The van der Waals surface area contributed by atoms with E-state index in [1.165, 1.54) is 25.3 Å². The van der Waals surface area contributed by atoms with Crippen molar-refractivity contribution < 1.29 is 28.7 Å². The smallest absolute Gasteiger partial charge is 0.344 e. The first kappa shape index (κ1) is 20.7. The van der Waals surface area contributed by atoms with Crippen LogP contribution in [0.1, 0.15) is 11.1 Å². The summed E-state index contributed by atoms with van der Waals surface area (Å²) in [6.45, 7) is 1.41. The number of nitrogens with one attached hydrogen (secondary N) is 1. The minimum atomic E-state index is -0.747. The van der Waals surface area contributed by atoms with E-state index < -0.39 is 30.0 Å². The van der Waals surface area contributed by atoms with Gasteiger partial charge in [0, 0.05) is 18.7 Å². The van der Waals surface area contributed by atoms with E-state index in [1.807, 2.05) is 31.2 Å². The second-order valence-corrected chi connectivity index (χ2v) is 5.80. The van der Waals surface area contributed by atoms with Gasteiger partial charge in [-0.2, -0.15) is 0 Å². The molecular formula is C19H20N2O7. The number of nitro benzene ring substituents is 1. The van der Waals surface area contributed by atoms with E-state index in [1.54, 1.807) is 0 Å². The number of ether oxygens (including phenoxy) is 3. The third-order valence-corrected chi connectivity index (χ3v) is 3.68. The molecule has 0 unspecified atom stereocenters. The first-order valence-corrected chi connectivity index (χ1v) is 8.32. The van der Waals surface area contributed by atoms with Crippen molar-refractivity contribution in [1.82, 2.24) is 5.32 Å². The van der Waals surface area contributed by atoms with Crippen molar-refractivity contribution in [3.05, 3.63) is 63.7 Å². The number of nitrogens with zero attached hydrogens (tertiary/aromatic N) is 1. The SMILES string of the molecule is COc1cc(OCC(=O)OCC(=O)NCc2ccc(C)cc2)ccc1[N+](=O)[O-]. The van der Waals surface area contributed by atoms with E-state index in [-0.39, 0.29) is 17.2 Å². The molecule has 0 aliphatic rings. The number of amides is 1. The topological polar surface area (TPSA) is 117 Å². The highest BCUT2D eigenvalue weighted by Gasteiger charge is 2.16. The Balaban J connectivity index is 1.74. The van der Waals surface area contributed by atoms with Crippen LogP contribution >= 0.6 is 0 Å². The maximum Gasteiger partial charge on any atom is 0.344 e. The Kier molecular flexibility index (Phi) is 7.32. The van der Waals surface area contributed by atoms with E-state index in [0.29, 0.717) is 6.54 Å². The average Bonchev–Trinajstić information content (AvgIpc) is 2.69. The van der Waals surface area contributed by atoms with E-state index >= 15 is 0 Å². The van der Waals surface area contributed by atoms with E-state index in [0.717, 1.165) is 11.1 Å². The molecule has 0 atom stereocenters. The number of esters is 1. The Morgan fingerprint density at radius 3 is 2.46 bits per heavy atom. The average molecular weight is 388 g/mol. The van der Waals surface area contributed by atoms with Crippen molar-refractivity contribution in [3.8, 4) is 11.5 Å². The van der Waals surface area contributed by atoms with Gasteiger partial charge >= 0.3 is 11.7 Å². The molecule has 2 aromatic rings. The van der Waals surface area contributed by atoms with Crippen LogP contribution in [0.3, 0.4) is 0 Å². The van der Waals surface area contributed by atoms with Crippen LogP contribution in [0.5, 0.6) is 11.5 Å². The summed E-state index contributed by atoms with van der Waals surface area (Å²) in [6.07, 6.45) is 0. The number of methoxy groups -OCH3 is 1. The number of nitro groups is 1. The number of rotatable bonds is 9. The zero-order valence-corrected chi connectivity index (χ0v) is 15.5. The van der Waals surface area contributed by atoms with E-state index in [4.69, 9.17) is 14.2 Å². The Hall–Kier alpha value is -3.62. The zero-order chi connectivity index (χ0) is 20.5. The molecule has 2 rings (SSSR count). The third kappa shape index (κ3) is 6.27. The molecule has 0 bridgehead atoms. The number of hydrogen-bond acceptors (Lipinski definition) is 7. The molecule has 1 N–H and O–H groups in total. The first-order chi connectivity index (χ1) is 13.4. The fourth-order valence-electron chi connectivity index (χ4n) is 2.19. The molecule has 28 heavy (non-hydrogen) atoms. The third-order valence-electron chi connectivity index (χ3n) is 3.68. The molecule has 0 saturated carbocycles. The lowest BCUT2D eigenvalue weighted by molar-refractivity contribution is -0.385. The van der Waals surface area contributed by atoms with Crippen LogP contribution in [0.25, 0.3) is 0 Å². The molecule has 0 heterocycles. The minimum absolute atomic E-state index is 0.00588. The summed E-state index contributed by atoms with van der Waals surface area (Å²) < 4.78 is 15.0. The predicted molar refractivity (Wildman–Crippen MR) is 99.1 cm³/mol. The fourth-order valence-corrected chi connectivity index (χ4v) is 2.19. The van der Waals surface area contributed by atoms with Gasteiger partial charge in [0.05, 0.1) is 12.0 Å². The molecule has 0 fully saturated rings. The lowest BCUT2D eigenvalue weighted by Gasteiger charge is -2.09. The van der Waals surface area contributed by atoms with Gasteiger partial charge in [-0.05, 0) is 18.6 Å². The quantitative estimate of drug-likeness (QED) is 0.397. The zero-order valence-electron chi connectivity index (χ0n) is 15.5. The summed E-state index contributed by atoms with van der Waals surface area (Å²) in [7, 11) is 1.29. The maximum absolute atomic E-state index is 11.7. The van der Waals surface area contributed by atoms with Gasteiger partial charge < -0.3 is 19.5 Å². The molecule has 9 heteroatoms. The molecule has 0 radical (unpaired) electrons.